The van der Waals surface area contributed by atoms with Crippen LogP contribution in [0.2, 0.25) is 0 Å². The molecule has 8 heteroatoms. The van der Waals surface area contributed by atoms with Crippen LogP contribution in [0.4, 0.5) is 0 Å². The summed E-state index contributed by atoms with van der Waals surface area (Å²) in [6, 6.07) is 8.63. The first kappa shape index (κ1) is 19.0. The largest absolute Gasteiger partial charge is 0.508 e. The summed E-state index contributed by atoms with van der Waals surface area (Å²) in [5.74, 6) is -0.329. The fraction of sp³-hybridized carbons (Fsp3) is 0.263. The van der Waals surface area contributed by atoms with Crippen LogP contribution in [0.1, 0.15) is 11.1 Å². The number of phenolic OH excluding ortho intramolecular Hbond substituents is 3. The highest BCUT2D eigenvalue weighted by Crippen LogP contribution is 2.31. The molecule has 0 aliphatic carbocycles. The minimum absolute atomic E-state index is 0.0172. The third-order valence-electron chi connectivity index (χ3n) is 4.07. The molecule has 0 amide bonds. The smallest absolute Gasteiger partial charge is 0.229 e. The Bertz CT molecular complexity index is 814. The SMILES string of the molecule is Oc1cc(O)cc(C=Cc2ccc(O)c(O[C@@H]3OC[C@@H](O)[C@H](O)[C@H]3O)c2)c1. The molecule has 0 aromatic heterocycles. The van der Waals surface area contributed by atoms with E-state index in [1.807, 2.05) is 0 Å². The van der Waals surface area contributed by atoms with Crippen molar-refractivity contribution in [2.24, 2.45) is 0 Å². The summed E-state index contributed by atoms with van der Waals surface area (Å²) in [6.07, 6.45) is -2.08. The third kappa shape index (κ3) is 4.50. The van der Waals surface area contributed by atoms with Gasteiger partial charge < -0.3 is 40.1 Å². The molecule has 1 fully saturated rings. The summed E-state index contributed by atoms with van der Waals surface area (Å²) in [5, 5.41) is 58.0. The molecular weight excluding hydrogens is 356 g/mol. The Hall–Kier alpha value is -2.78. The molecule has 3 rings (SSSR count). The Labute approximate surface area is 154 Å². The van der Waals surface area contributed by atoms with Crippen LogP contribution in [0.25, 0.3) is 12.2 Å². The standard InChI is InChI=1S/C19H20O8/c20-12-5-11(6-13(21)8-12)2-1-10-3-4-14(22)16(7-10)27-19-18(25)17(24)15(23)9-26-19/h1-8,15,17-25H,9H2/t15-,17+,18-,19+/m1/s1. The van der Waals surface area contributed by atoms with Crippen molar-refractivity contribution >= 4 is 12.2 Å². The molecule has 8 nitrogen and oxygen atoms in total. The van der Waals surface area contributed by atoms with E-state index in [4.69, 9.17) is 9.47 Å². The van der Waals surface area contributed by atoms with E-state index in [0.717, 1.165) is 0 Å². The minimum Gasteiger partial charge on any atom is -0.508 e. The van der Waals surface area contributed by atoms with Gasteiger partial charge in [0.05, 0.1) is 6.61 Å². The molecule has 2 aromatic rings. The number of rotatable bonds is 4. The fourth-order valence-electron chi connectivity index (χ4n) is 2.64. The van der Waals surface area contributed by atoms with Gasteiger partial charge in [-0.3, -0.25) is 0 Å². The van der Waals surface area contributed by atoms with Gasteiger partial charge >= 0.3 is 0 Å². The van der Waals surface area contributed by atoms with Gasteiger partial charge in [0.2, 0.25) is 6.29 Å². The van der Waals surface area contributed by atoms with Crippen LogP contribution in [0.5, 0.6) is 23.0 Å². The Morgan fingerprint density at radius 3 is 2.22 bits per heavy atom. The van der Waals surface area contributed by atoms with Gasteiger partial charge in [-0.15, -0.1) is 0 Å². The second-order valence-electron chi connectivity index (χ2n) is 6.21. The molecule has 4 atom stereocenters. The van der Waals surface area contributed by atoms with Crippen LogP contribution in [-0.2, 0) is 4.74 Å². The Balaban J connectivity index is 1.77. The van der Waals surface area contributed by atoms with Gasteiger partial charge in [0.1, 0.15) is 29.8 Å². The van der Waals surface area contributed by atoms with Crippen molar-refractivity contribution in [1.82, 2.24) is 0 Å². The lowest BCUT2D eigenvalue weighted by molar-refractivity contribution is -0.242. The molecule has 1 saturated heterocycles. The Morgan fingerprint density at radius 1 is 0.852 bits per heavy atom. The zero-order valence-electron chi connectivity index (χ0n) is 14.1. The lowest BCUT2D eigenvalue weighted by Crippen LogP contribution is -2.54. The molecule has 27 heavy (non-hydrogen) atoms. The fourth-order valence-corrected chi connectivity index (χ4v) is 2.64. The van der Waals surface area contributed by atoms with Crippen LogP contribution >= 0.6 is 0 Å². The number of ether oxygens (including phenoxy) is 2. The number of benzene rings is 2. The lowest BCUT2D eigenvalue weighted by atomic mass is 10.1. The molecule has 0 bridgehead atoms. The summed E-state index contributed by atoms with van der Waals surface area (Å²) in [4.78, 5) is 0. The van der Waals surface area contributed by atoms with E-state index in [0.29, 0.717) is 11.1 Å². The summed E-state index contributed by atoms with van der Waals surface area (Å²) in [7, 11) is 0. The highest BCUT2D eigenvalue weighted by molar-refractivity contribution is 5.72. The summed E-state index contributed by atoms with van der Waals surface area (Å²) >= 11 is 0. The van der Waals surface area contributed by atoms with Crippen molar-refractivity contribution in [3.63, 3.8) is 0 Å². The molecule has 0 saturated carbocycles. The predicted octanol–water partition coefficient (Wildman–Crippen LogP) is 0.792. The zero-order chi connectivity index (χ0) is 19.6. The van der Waals surface area contributed by atoms with Crippen molar-refractivity contribution in [3.05, 3.63) is 47.5 Å². The van der Waals surface area contributed by atoms with Crippen LogP contribution in [-0.4, -0.2) is 61.8 Å². The van der Waals surface area contributed by atoms with Gasteiger partial charge in [0, 0.05) is 6.07 Å². The number of phenols is 3. The molecule has 0 radical (unpaired) electrons. The van der Waals surface area contributed by atoms with E-state index >= 15 is 0 Å². The highest BCUT2D eigenvalue weighted by Gasteiger charge is 2.39. The van der Waals surface area contributed by atoms with E-state index in [1.165, 1.54) is 30.3 Å². The number of hydrogen-bond acceptors (Lipinski definition) is 8. The van der Waals surface area contributed by atoms with Crippen molar-refractivity contribution in [3.8, 4) is 23.0 Å². The molecule has 2 aromatic carbocycles. The quantitative estimate of drug-likeness (QED) is 0.431. The van der Waals surface area contributed by atoms with Gasteiger partial charge in [-0.25, -0.2) is 0 Å². The number of hydrogen-bond donors (Lipinski definition) is 6. The minimum atomic E-state index is -1.48. The molecule has 144 valence electrons. The first-order chi connectivity index (χ1) is 12.8. The molecular formula is C19H20O8. The van der Waals surface area contributed by atoms with E-state index in [2.05, 4.69) is 0 Å². The van der Waals surface area contributed by atoms with Crippen LogP contribution in [0.3, 0.4) is 0 Å². The lowest BCUT2D eigenvalue weighted by Gasteiger charge is -2.35. The molecule has 1 heterocycles. The highest BCUT2D eigenvalue weighted by atomic mass is 16.7. The van der Waals surface area contributed by atoms with E-state index in [1.54, 1.807) is 18.2 Å². The van der Waals surface area contributed by atoms with Crippen LogP contribution in [0, 0.1) is 0 Å². The van der Waals surface area contributed by atoms with Gasteiger partial charge in [-0.1, -0.05) is 18.2 Å². The molecule has 1 aliphatic rings. The number of aromatic hydroxyl groups is 3. The maximum absolute atomic E-state index is 9.96. The monoisotopic (exact) mass is 376 g/mol. The second-order valence-corrected chi connectivity index (χ2v) is 6.21. The first-order valence-corrected chi connectivity index (χ1v) is 8.20. The predicted molar refractivity (Wildman–Crippen MR) is 95.2 cm³/mol. The molecule has 6 N–H and O–H groups in total. The van der Waals surface area contributed by atoms with Crippen LogP contribution in [0.15, 0.2) is 36.4 Å². The van der Waals surface area contributed by atoms with Crippen LogP contribution < -0.4 is 4.74 Å². The summed E-state index contributed by atoms with van der Waals surface area (Å²) < 4.78 is 10.6. The third-order valence-corrected chi connectivity index (χ3v) is 4.07. The van der Waals surface area contributed by atoms with E-state index < -0.39 is 24.6 Å². The van der Waals surface area contributed by atoms with Crippen molar-refractivity contribution < 1.29 is 40.1 Å². The van der Waals surface area contributed by atoms with Gasteiger partial charge in [-0.05, 0) is 35.4 Å². The summed E-state index contributed by atoms with van der Waals surface area (Å²) in [6.45, 7) is -0.218. The zero-order valence-corrected chi connectivity index (χ0v) is 14.1. The average molecular weight is 376 g/mol. The normalized spacial score (nSPS) is 25.6. The maximum Gasteiger partial charge on any atom is 0.229 e. The van der Waals surface area contributed by atoms with Crippen molar-refractivity contribution in [1.29, 1.82) is 0 Å². The first-order valence-electron chi connectivity index (χ1n) is 8.20. The van der Waals surface area contributed by atoms with E-state index in [9.17, 15) is 30.6 Å². The molecule has 0 unspecified atom stereocenters. The summed E-state index contributed by atoms with van der Waals surface area (Å²) in [5.41, 5.74) is 1.18. The number of aliphatic hydroxyl groups is 3. The van der Waals surface area contributed by atoms with Gasteiger partial charge in [0.15, 0.2) is 11.5 Å². The average Bonchev–Trinajstić information content (AvgIpc) is 2.62. The molecule has 1 aliphatic heterocycles. The second kappa shape index (κ2) is 7.85. The topological polar surface area (TPSA) is 140 Å². The van der Waals surface area contributed by atoms with E-state index in [-0.39, 0.29) is 29.6 Å². The van der Waals surface area contributed by atoms with Gasteiger partial charge in [-0.2, -0.15) is 0 Å². The maximum atomic E-state index is 9.96. The van der Waals surface area contributed by atoms with Crippen molar-refractivity contribution in [2.45, 2.75) is 24.6 Å². The Kier molecular flexibility index (Phi) is 5.52. The Morgan fingerprint density at radius 2 is 1.52 bits per heavy atom. The molecule has 0 spiro atoms. The number of aliphatic hydroxyl groups excluding tert-OH is 3. The van der Waals surface area contributed by atoms with Gasteiger partial charge in [0.25, 0.3) is 0 Å². The van der Waals surface area contributed by atoms with Crippen molar-refractivity contribution in [2.75, 3.05) is 6.61 Å².